The van der Waals surface area contributed by atoms with Gasteiger partial charge in [0, 0.05) is 6.04 Å². The highest BCUT2D eigenvalue weighted by atomic mass is 35.5. The number of nitrogens with one attached hydrogen (secondary N) is 1. The van der Waals surface area contributed by atoms with Crippen molar-refractivity contribution in [1.82, 2.24) is 5.32 Å². The van der Waals surface area contributed by atoms with E-state index in [1.807, 2.05) is 6.07 Å². The fraction of sp³-hybridized carbons (Fsp3) is 0.400. The van der Waals surface area contributed by atoms with Gasteiger partial charge in [0.2, 0.25) is 0 Å². The summed E-state index contributed by atoms with van der Waals surface area (Å²) in [7, 11) is 0. The lowest BCUT2D eigenvalue weighted by Crippen LogP contribution is -2.13. The second-order valence-electron chi connectivity index (χ2n) is 3.29. The van der Waals surface area contributed by atoms with Gasteiger partial charge in [0.15, 0.2) is 0 Å². The minimum atomic E-state index is -0.326. The molecule has 1 atom stereocenters. The molecule has 1 heterocycles. The van der Waals surface area contributed by atoms with Gasteiger partial charge in [-0.15, -0.1) is 0 Å². The van der Waals surface area contributed by atoms with E-state index >= 15 is 0 Å². The maximum absolute atomic E-state index is 13.1. The Labute approximate surface area is 81.9 Å². The summed E-state index contributed by atoms with van der Waals surface area (Å²) >= 11 is 5.86. The predicted octanol–water partition coefficient (Wildman–Crippen LogP) is 2.90. The fourth-order valence-corrected chi connectivity index (χ4v) is 2.00. The van der Waals surface area contributed by atoms with Crippen LogP contribution in [0, 0.1) is 5.82 Å². The molecule has 2 rings (SSSR count). The molecule has 0 spiro atoms. The third-order valence-corrected chi connectivity index (χ3v) is 2.82. The van der Waals surface area contributed by atoms with E-state index in [9.17, 15) is 4.39 Å². The van der Waals surface area contributed by atoms with E-state index in [4.69, 9.17) is 11.6 Å². The summed E-state index contributed by atoms with van der Waals surface area (Å²) in [6, 6.07) is 5.22. The van der Waals surface area contributed by atoms with Gasteiger partial charge in [-0.25, -0.2) is 4.39 Å². The normalized spacial score (nSPS) is 22.2. The van der Waals surface area contributed by atoms with Gasteiger partial charge in [0.05, 0.1) is 5.02 Å². The van der Waals surface area contributed by atoms with Crippen LogP contribution in [0.4, 0.5) is 4.39 Å². The summed E-state index contributed by atoms with van der Waals surface area (Å²) < 4.78 is 13.1. The van der Waals surface area contributed by atoms with Gasteiger partial charge < -0.3 is 5.32 Å². The molecular formula is C10H11ClFN. The van der Waals surface area contributed by atoms with Crippen LogP contribution in [-0.4, -0.2) is 6.54 Å². The first kappa shape index (κ1) is 8.97. The molecule has 0 bridgehead atoms. The highest BCUT2D eigenvalue weighted by Crippen LogP contribution is 2.30. The highest BCUT2D eigenvalue weighted by molar-refractivity contribution is 6.31. The number of rotatable bonds is 1. The van der Waals surface area contributed by atoms with Crippen molar-refractivity contribution in [1.29, 1.82) is 0 Å². The van der Waals surface area contributed by atoms with E-state index < -0.39 is 0 Å². The lowest BCUT2D eigenvalue weighted by Gasteiger charge is -2.12. The molecule has 0 radical (unpaired) electrons. The first-order valence-electron chi connectivity index (χ1n) is 4.46. The number of hydrogen-bond donors (Lipinski definition) is 1. The average molecular weight is 200 g/mol. The smallest absolute Gasteiger partial charge is 0.142 e. The molecule has 0 aliphatic carbocycles. The quantitative estimate of drug-likeness (QED) is 0.734. The van der Waals surface area contributed by atoms with Crippen molar-refractivity contribution < 1.29 is 4.39 Å². The summed E-state index contributed by atoms with van der Waals surface area (Å²) in [5, 5.41) is 3.56. The van der Waals surface area contributed by atoms with Crippen molar-refractivity contribution in [3.8, 4) is 0 Å². The van der Waals surface area contributed by atoms with E-state index in [1.54, 1.807) is 6.07 Å². The Morgan fingerprint density at radius 3 is 3.00 bits per heavy atom. The summed E-state index contributed by atoms with van der Waals surface area (Å²) in [4.78, 5) is 0. The zero-order chi connectivity index (χ0) is 9.26. The molecule has 1 aliphatic heterocycles. The molecular weight excluding hydrogens is 189 g/mol. The zero-order valence-electron chi connectivity index (χ0n) is 7.19. The van der Waals surface area contributed by atoms with Crippen molar-refractivity contribution in [2.24, 2.45) is 0 Å². The Morgan fingerprint density at radius 2 is 2.31 bits per heavy atom. The Hall–Kier alpha value is -0.600. The van der Waals surface area contributed by atoms with Crippen LogP contribution >= 0.6 is 11.6 Å². The van der Waals surface area contributed by atoms with E-state index in [2.05, 4.69) is 5.32 Å². The SMILES string of the molecule is Fc1cccc(C2CCCN2)c1Cl. The number of benzene rings is 1. The van der Waals surface area contributed by atoms with Crippen molar-refractivity contribution in [2.45, 2.75) is 18.9 Å². The molecule has 0 saturated carbocycles. The second-order valence-corrected chi connectivity index (χ2v) is 3.67. The molecule has 3 heteroatoms. The summed E-state index contributed by atoms with van der Waals surface area (Å²) in [6.45, 7) is 0.998. The molecule has 1 aromatic carbocycles. The van der Waals surface area contributed by atoms with Gasteiger partial charge in [-0.05, 0) is 31.0 Å². The van der Waals surface area contributed by atoms with Crippen LogP contribution < -0.4 is 5.32 Å². The van der Waals surface area contributed by atoms with Crippen LogP contribution in [-0.2, 0) is 0 Å². The average Bonchev–Trinajstić information content (AvgIpc) is 2.62. The van der Waals surface area contributed by atoms with Crippen LogP contribution in [0.2, 0.25) is 5.02 Å². The van der Waals surface area contributed by atoms with Gasteiger partial charge in [0.1, 0.15) is 5.82 Å². The molecule has 1 unspecified atom stereocenters. The summed E-state index contributed by atoms with van der Waals surface area (Å²) in [5.74, 6) is -0.326. The van der Waals surface area contributed by atoms with Crippen molar-refractivity contribution >= 4 is 11.6 Å². The Kier molecular flexibility index (Phi) is 2.51. The summed E-state index contributed by atoms with van der Waals surface area (Å²) in [5.41, 5.74) is 0.888. The van der Waals surface area contributed by atoms with Crippen LogP contribution in [0.3, 0.4) is 0 Å². The first-order chi connectivity index (χ1) is 6.29. The molecule has 70 valence electrons. The second kappa shape index (κ2) is 3.64. The minimum absolute atomic E-state index is 0.239. The predicted molar refractivity (Wildman–Crippen MR) is 51.4 cm³/mol. The van der Waals surface area contributed by atoms with E-state index in [-0.39, 0.29) is 16.9 Å². The number of hydrogen-bond acceptors (Lipinski definition) is 1. The monoisotopic (exact) mass is 199 g/mol. The molecule has 1 aliphatic rings. The molecule has 1 nitrogen and oxygen atoms in total. The molecule has 0 aromatic heterocycles. The van der Waals surface area contributed by atoms with E-state index in [0.717, 1.165) is 24.9 Å². The van der Waals surface area contributed by atoms with Gasteiger partial charge >= 0.3 is 0 Å². The van der Waals surface area contributed by atoms with E-state index in [0.29, 0.717) is 0 Å². The minimum Gasteiger partial charge on any atom is -0.310 e. The first-order valence-corrected chi connectivity index (χ1v) is 4.84. The maximum atomic E-state index is 13.1. The third-order valence-electron chi connectivity index (χ3n) is 2.42. The van der Waals surface area contributed by atoms with Gasteiger partial charge in [-0.3, -0.25) is 0 Å². The van der Waals surface area contributed by atoms with Crippen LogP contribution in [0.1, 0.15) is 24.4 Å². The molecule has 1 fully saturated rings. The Bertz CT molecular complexity index is 308. The lowest BCUT2D eigenvalue weighted by molar-refractivity contribution is 0.607. The van der Waals surface area contributed by atoms with E-state index in [1.165, 1.54) is 6.07 Å². The fourth-order valence-electron chi connectivity index (χ4n) is 1.74. The van der Waals surface area contributed by atoms with Crippen LogP contribution in [0.15, 0.2) is 18.2 Å². The van der Waals surface area contributed by atoms with Crippen LogP contribution in [0.25, 0.3) is 0 Å². The standard InChI is InChI=1S/C10H11ClFN/c11-10-7(3-1-4-8(10)12)9-5-2-6-13-9/h1,3-4,9,13H,2,5-6H2. The molecule has 13 heavy (non-hydrogen) atoms. The van der Waals surface area contributed by atoms with Gasteiger partial charge in [-0.1, -0.05) is 23.7 Å². The summed E-state index contributed by atoms with van der Waals surface area (Å²) in [6.07, 6.45) is 2.18. The van der Waals surface area contributed by atoms with Crippen molar-refractivity contribution in [3.63, 3.8) is 0 Å². The zero-order valence-corrected chi connectivity index (χ0v) is 7.94. The van der Waals surface area contributed by atoms with Gasteiger partial charge in [-0.2, -0.15) is 0 Å². The Morgan fingerprint density at radius 1 is 1.46 bits per heavy atom. The third kappa shape index (κ3) is 1.69. The molecule has 0 amide bonds. The number of halogens is 2. The van der Waals surface area contributed by atoms with Crippen molar-refractivity contribution in [3.05, 3.63) is 34.6 Å². The molecule has 1 saturated heterocycles. The Balaban J connectivity index is 2.33. The molecule has 1 aromatic rings. The highest BCUT2D eigenvalue weighted by Gasteiger charge is 2.19. The van der Waals surface area contributed by atoms with Gasteiger partial charge in [0.25, 0.3) is 0 Å². The molecule has 1 N–H and O–H groups in total. The lowest BCUT2D eigenvalue weighted by atomic mass is 10.1. The van der Waals surface area contributed by atoms with Crippen molar-refractivity contribution in [2.75, 3.05) is 6.54 Å². The van der Waals surface area contributed by atoms with Crippen LogP contribution in [0.5, 0.6) is 0 Å². The topological polar surface area (TPSA) is 12.0 Å². The largest absolute Gasteiger partial charge is 0.310 e. The maximum Gasteiger partial charge on any atom is 0.142 e.